The Morgan fingerprint density at radius 1 is 0.806 bits per heavy atom. The van der Waals surface area contributed by atoms with Gasteiger partial charge in [-0.3, -0.25) is 0 Å². The van der Waals surface area contributed by atoms with Crippen LogP contribution in [0, 0.1) is 0 Å². The third kappa shape index (κ3) is 3.04. The van der Waals surface area contributed by atoms with E-state index in [4.69, 9.17) is 9.97 Å². The lowest BCUT2D eigenvalue weighted by atomic mass is 10.1. The summed E-state index contributed by atoms with van der Waals surface area (Å²) in [6.45, 7) is 0.920. The second kappa shape index (κ2) is 7.36. The summed E-state index contributed by atoms with van der Waals surface area (Å²) in [6.07, 6.45) is 4.89. The Bertz CT molecular complexity index is 1390. The van der Waals surface area contributed by atoms with Gasteiger partial charge in [0.05, 0.1) is 5.39 Å². The molecule has 4 nitrogen and oxygen atoms in total. The van der Waals surface area contributed by atoms with Crippen molar-refractivity contribution in [1.29, 1.82) is 0 Å². The van der Waals surface area contributed by atoms with Gasteiger partial charge in [-0.1, -0.05) is 64.5 Å². The monoisotopic (exact) mass is 466 g/mol. The van der Waals surface area contributed by atoms with Crippen LogP contribution in [-0.2, 0) is 6.42 Å². The van der Waals surface area contributed by atoms with Crippen LogP contribution in [0.2, 0.25) is 0 Å². The number of benzene rings is 3. The lowest BCUT2D eigenvalue weighted by Gasteiger charge is -2.19. The van der Waals surface area contributed by atoms with Gasteiger partial charge >= 0.3 is 0 Å². The Balaban J connectivity index is 1.64. The zero-order valence-corrected chi connectivity index (χ0v) is 18.3. The lowest BCUT2D eigenvalue weighted by Crippen LogP contribution is -2.15. The summed E-state index contributed by atoms with van der Waals surface area (Å²) in [7, 11) is 0. The van der Waals surface area contributed by atoms with Crippen molar-refractivity contribution in [3.63, 3.8) is 0 Å². The number of anilines is 2. The average molecular weight is 467 g/mol. The van der Waals surface area contributed by atoms with Crippen molar-refractivity contribution in [2.24, 2.45) is 0 Å². The summed E-state index contributed by atoms with van der Waals surface area (Å²) >= 11 is 3.54. The van der Waals surface area contributed by atoms with Crippen molar-refractivity contribution in [3.05, 3.63) is 101 Å². The summed E-state index contributed by atoms with van der Waals surface area (Å²) in [4.78, 5) is 11.8. The average Bonchev–Trinajstić information content (AvgIpc) is 3.42. The number of rotatable bonds is 3. The molecule has 3 aromatic carbocycles. The molecule has 31 heavy (non-hydrogen) atoms. The largest absolute Gasteiger partial charge is 0.325 e. The third-order valence-corrected chi connectivity index (χ3v) is 6.42. The molecule has 0 N–H and O–H groups in total. The zero-order valence-electron chi connectivity index (χ0n) is 16.7. The smallest absolute Gasteiger partial charge is 0.150 e. The van der Waals surface area contributed by atoms with Crippen molar-refractivity contribution in [3.8, 4) is 16.8 Å². The molecule has 5 heteroatoms. The first kappa shape index (κ1) is 18.3. The Labute approximate surface area is 188 Å². The molecule has 0 saturated heterocycles. The molecular formula is C26H19BrN4. The second-order valence-electron chi connectivity index (χ2n) is 7.68. The third-order valence-electron chi connectivity index (χ3n) is 5.90. The van der Waals surface area contributed by atoms with Crippen molar-refractivity contribution in [1.82, 2.24) is 14.5 Å². The molecule has 0 amide bonds. The maximum atomic E-state index is 4.79. The van der Waals surface area contributed by atoms with Crippen LogP contribution in [0.15, 0.2) is 95.9 Å². The van der Waals surface area contributed by atoms with Gasteiger partial charge in [-0.05, 0) is 47.9 Å². The molecule has 2 aromatic heterocycles. The number of hydrogen-bond donors (Lipinski definition) is 0. The first-order valence-electron chi connectivity index (χ1n) is 10.3. The van der Waals surface area contributed by atoms with Gasteiger partial charge in [0, 0.05) is 34.2 Å². The number of aromatic nitrogens is 3. The van der Waals surface area contributed by atoms with Crippen LogP contribution in [0.25, 0.3) is 27.8 Å². The molecule has 0 saturated carbocycles. The highest BCUT2D eigenvalue weighted by molar-refractivity contribution is 9.10. The Morgan fingerprint density at radius 2 is 1.58 bits per heavy atom. The predicted octanol–water partition coefficient (Wildman–Crippen LogP) is 6.54. The van der Waals surface area contributed by atoms with Crippen LogP contribution >= 0.6 is 15.9 Å². The summed E-state index contributed by atoms with van der Waals surface area (Å²) in [5.41, 5.74) is 6.88. The molecule has 0 spiro atoms. The van der Waals surface area contributed by atoms with Crippen LogP contribution < -0.4 is 4.90 Å². The molecular weight excluding hydrogens is 448 g/mol. The second-order valence-corrected chi connectivity index (χ2v) is 8.60. The highest BCUT2D eigenvalue weighted by atomic mass is 79.9. The fraction of sp³-hybridized carbons (Fsp3) is 0.0769. The minimum atomic E-state index is 0.913. The number of halogens is 1. The van der Waals surface area contributed by atoms with E-state index in [0.717, 1.165) is 51.1 Å². The highest BCUT2D eigenvalue weighted by Gasteiger charge is 2.26. The van der Waals surface area contributed by atoms with Crippen LogP contribution in [0.3, 0.4) is 0 Å². The maximum Gasteiger partial charge on any atom is 0.150 e. The van der Waals surface area contributed by atoms with Crippen LogP contribution in [0.5, 0.6) is 0 Å². The SMILES string of the molecule is Brc1ccc(-n2cc(-c3ccccc3)c3c(N4CCc5ccccc54)ncnc32)cc1. The van der Waals surface area contributed by atoms with E-state index in [-0.39, 0.29) is 0 Å². The van der Waals surface area contributed by atoms with Gasteiger partial charge < -0.3 is 9.47 Å². The summed E-state index contributed by atoms with van der Waals surface area (Å²) < 4.78 is 3.22. The minimum absolute atomic E-state index is 0.913. The quantitative estimate of drug-likeness (QED) is 0.302. The van der Waals surface area contributed by atoms with E-state index in [1.54, 1.807) is 6.33 Å². The van der Waals surface area contributed by atoms with E-state index in [2.05, 4.69) is 104 Å². The molecule has 1 aliphatic heterocycles. The molecule has 3 heterocycles. The maximum absolute atomic E-state index is 4.79. The number of hydrogen-bond acceptors (Lipinski definition) is 3. The standard InChI is InChI=1S/C26H19BrN4/c27-20-10-12-21(13-11-20)31-16-22(18-6-2-1-3-7-18)24-25(28-17-29-26(24)31)30-15-14-19-8-4-5-9-23(19)30/h1-13,16-17H,14-15H2. The molecule has 0 unspecified atom stereocenters. The molecule has 1 aliphatic rings. The zero-order chi connectivity index (χ0) is 20.8. The Kier molecular flexibility index (Phi) is 4.35. The Morgan fingerprint density at radius 3 is 2.42 bits per heavy atom. The number of fused-ring (bicyclic) bond motifs is 2. The molecule has 150 valence electrons. The predicted molar refractivity (Wildman–Crippen MR) is 129 cm³/mol. The van der Waals surface area contributed by atoms with E-state index in [1.165, 1.54) is 11.3 Å². The van der Waals surface area contributed by atoms with Crippen molar-refractivity contribution >= 4 is 38.5 Å². The van der Waals surface area contributed by atoms with Crippen molar-refractivity contribution in [2.75, 3.05) is 11.4 Å². The summed E-state index contributed by atoms with van der Waals surface area (Å²) in [6, 6.07) is 27.4. The van der Waals surface area contributed by atoms with Gasteiger partial charge in [0.1, 0.15) is 12.1 Å². The van der Waals surface area contributed by atoms with Crippen LogP contribution in [0.4, 0.5) is 11.5 Å². The Hall–Kier alpha value is -3.44. The first-order chi connectivity index (χ1) is 15.3. The van der Waals surface area contributed by atoms with Gasteiger partial charge in [0.2, 0.25) is 0 Å². The molecule has 0 bridgehead atoms. The van der Waals surface area contributed by atoms with Crippen molar-refractivity contribution < 1.29 is 0 Å². The molecule has 0 atom stereocenters. The molecule has 0 fully saturated rings. The molecule has 0 aliphatic carbocycles. The molecule has 6 rings (SSSR count). The van der Waals surface area contributed by atoms with Gasteiger partial charge in [0.25, 0.3) is 0 Å². The van der Waals surface area contributed by atoms with Gasteiger partial charge in [-0.25, -0.2) is 9.97 Å². The van der Waals surface area contributed by atoms with Crippen molar-refractivity contribution in [2.45, 2.75) is 6.42 Å². The van der Waals surface area contributed by atoms with E-state index < -0.39 is 0 Å². The van der Waals surface area contributed by atoms with E-state index in [9.17, 15) is 0 Å². The normalized spacial score (nSPS) is 13.0. The molecule has 5 aromatic rings. The van der Waals surface area contributed by atoms with Gasteiger partial charge in [-0.15, -0.1) is 0 Å². The topological polar surface area (TPSA) is 34.0 Å². The fourth-order valence-electron chi connectivity index (χ4n) is 4.44. The highest BCUT2D eigenvalue weighted by Crippen LogP contribution is 2.41. The van der Waals surface area contributed by atoms with E-state index in [1.807, 2.05) is 6.07 Å². The minimum Gasteiger partial charge on any atom is -0.325 e. The summed E-state index contributed by atoms with van der Waals surface area (Å²) in [5.74, 6) is 0.963. The summed E-state index contributed by atoms with van der Waals surface area (Å²) in [5, 5.41) is 1.08. The molecule has 0 radical (unpaired) electrons. The van der Waals surface area contributed by atoms with E-state index >= 15 is 0 Å². The van der Waals surface area contributed by atoms with Gasteiger partial charge in [-0.2, -0.15) is 0 Å². The number of para-hydroxylation sites is 1. The fourth-order valence-corrected chi connectivity index (χ4v) is 4.71. The van der Waals surface area contributed by atoms with Gasteiger partial charge in [0.15, 0.2) is 5.65 Å². The first-order valence-corrected chi connectivity index (χ1v) is 11.1. The number of nitrogens with zero attached hydrogens (tertiary/aromatic N) is 4. The van der Waals surface area contributed by atoms with Crippen LogP contribution in [-0.4, -0.2) is 21.1 Å². The van der Waals surface area contributed by atoms with E-state index in [0.29, 0.717) is 0 Å². The van der Waals surface area contributed by atoms with Crippen LogP contribution in [0.1, 0.15) is 5.56 Å². The lowest BCUT2D eigenvalue weighted by molar-refractivity contribution is 0.971.